The van der Waals surface area contributed by atoms with Crippen LogP contribution < -0.4 is 0 Å². The van der Waals surface area contributed by atoms with Gasteiger partial charge < -0.3 is 4.74 Å². The number of rotatable bonds is 5. The molecule has 2 nitrogen and oxygen atoms in total. The number of piperidine rings is 1. The van der Waals surface area contributed by atoms with Crippen LogP contribution in [0.5, 0.6) is 0 Å². The summed E-state index contributed by atoms with van der Waals surface area (Å²) >= 11 is 3.33. The van der Waals surface area contributed by atoms with Crippen molar-refractivity contribution in [2.75, 3.05) is 19.7 Å². The van der Waals surface area contributed by atoms with E-state index in [4.69, 9.17) is 4.74 Å². The van der Waals surface area contributed by atoms with Gasteiger partial charge >= 0.3 is 0 Å². The molecule has 0 aliphatic carbocycles. The lowest BCUT2D eigenvalue weighted by molar-refractivity contribution is -0.00229. The first kappa shape index (κ1) is 14.9. The van der Waals surface area contributed by atoms with Gasteiger partial charge in [-0.25, -0.2) is 4.39 Å². The number of hydrogen-bond donors (Lipinski definition) is 0. The molecule has 1 fully saturated rings. The zero-order valence-corrected chi connectivity index (χ0v) is 13.0. The van der Waals surface area contributed by atoms with Crippen LogP contribution in [0.2, 0.25) is 0 Å². The van der Waals surface area contributed by atoms with Gasteiger partial charge in [-0.15, -0.1) is 0 Å². The lowest BCUT2D eigenvalue weighted by atomic mass is 10.1. The van der Waals surface area contributed by atoms with E-state index in [9.17, 15) is 4.39 Å². The second-order valence-corrected chi connectivity index (χ2v) is 5.88. The third-order valence-corrected chi connectivity index (χ3v) is 4.33. The highest BCUT2D eigenvalue weighted by molar-refractivity contribution is 9.10. The molecular formula is C15H21BrFNO. The van der Waals surface area contributed by atoms with Gasteiger partial charge in [0.1, 0.15) is 5.82 Å². The highest BCUT2D eigenvalue weighted by Gasteiger charge is 2.21. The van der Waals surface area contributed by atoms with Crippen LogP contribution in [0.4, 0.5) is 4.39 Å². The fraction of sp³-hybridized carbons (Fsp3) is 0.600. The Morgan fingerprint density at radius 2 is 2.32 bits per heavy atom. The summed E-state index contributed by atoms with van der Waals surface area (Å²) in [7, 11) is 0. The van der Waals surface area contributed by atoms with E-state index in [-0.39, 0.29) is 5.82 Å². The van der Waals surface area contributed by atoms with Gasteiger partial charge in [0.15, 0.2) is 0 Å². The van der Waals surface area contributed by atoms with Crippen LogP contribution in [0.3, 0.4) is 0 Å². The van der Waals surface area contributed by atoms with Crippen LogP contribution >= 0.6 is 15.9 Å². The quantitative estimate of drug-likeness (QED) is 0.810. The third-order valence-electron chi connectivity index (χ3n) is 3.45. The predicted octanol–water partition coefficient (Wildman–Crippen LogP) is 3.98. The average Bonchev–Trinajstić information content (AvgIpc) is 2.42. The number of hydrogen-bond acceptors (Lipinski definition) is 2. The van der Waals surface area contributed by atoms with Crippen molar-refractivity contribution in [2.45, 2.75) is 38.8 Å². The second-order valence-electron chi connectivity index (χ2n) is 5.08. The molecule has 0 bridgehead atoms. The molecule has 0 saturated carbocycles. The Morgan fingerprint density at radius 1 is 1.47 bits per heavy atom. The summed E-state index contributed by atoms with van der Waals surface area (Å²) in [6.45, 7) is 5.76. The fourth-order valence-corrected chi connectivity index (χ4v) is 2.88. The molecule has 1 aliphatic heterocycles. The summed E-state index contributed by atoms with van der Waals surface area (Å²) in [5, 5.41) is 0. The molecule has 1 atom stereocenters. The number of nitrogens with zero attached hydrogens (tertiary/aromatic N) is 1. The summed E-state index contributed by atoms with van der Waals surface area (Å²) in [5.41, 5.74) is 1.01. The van der Waals surface area contributed by atoms with E-state index in [1.165, 1.54) is 6.07 Å². The third kappa shape index (κ3) is 4.26. The van der Waals surface area contributed by atoms with E-state index in [1.807, 2.05) is 6.07 Å². The van der Waals surface area contributed by atoms with Crippen LogP contribution in [0.15, 0.2) is 22.7 Å². The Hall–Kier alpha value is -0.450. The largest absolute Gasteiger partial charge is 0.377 e. The number of halogens is 2. The van der Waals surface area contributed by atoms with Crippen LogP contribution in [-0.2, 0) is 11.3 Å². The minimum absolute atomic E-state index is 0.187. The molecule has 4 heteroatoms. The van der Waals surface area contributed by atoms with Crippen molar-refractivity contribution < 1.29 is 9.13 Å². The normalized spacial score (nSPS) is 20.7. The van der Waals surface area contributed by atoms with Crippen molar-refractivity contribution in [3.05, 3.63) is 34.1 Å². The molecule has 2 rings (SSSR count). The van der Waals surface area contributed by atoms with Gasteiger partial charge in [0.25, 0.3) is 0 Å². The molecule has 0 aromatic heterocycles. The summed E-state index contributed by atoms with van der Waals surface area (Å²) in [4.78, 5) is 2.35. The lowest BCUT2D eigenvalue weighted by Crippen LogP contribution is -2.39. The van der Waals surface area contributed by atoms with Crippen LogP contribution in [-0.4, -0.2) is 30.7 Å². The maximum absolute atomic E-state index is 13.5. The number of likely N-dealkylation sites (tertiary alicyclic amines) is 1. The van der Waals surface area contributed by atoms with Gasteiger partial charge in [0.2, 0.25) is 0 Å². The van der Waals surface area contributed by atoms with E-state index in [0.717, 1.165) is 51.1 Å². The molecule has 19 heavy (non-hydrogen) atoms. The predicted molar refractivity (Wildman–Crippen MR) is 78.6 cm³/mol. The van der Waals surface area contributed by atoms with Crippen LogP contribution in [0.25, 0.3) is 0 Å². The van der Waals surface area contributed by atoms with Gasteiger partial charge in [0.05, 0.1) is 10.6 Å². The zero-order valence-electron chi connectivity index (χ0n) is 11.4. The van der Waals surface area contributed by atoms with Gasteiger partial charge in [-0.05, 0) is 53.4 Å². The molecule has 0 spiro atoms. The molecule has 0 radical (unpaired) electrons. The van der Waals surface area contributed by atoms with E-state index >= 15 is 0 Å². The second kappa shape index (κ2) is 7.36. The Labute approximate surface area is 123 Å². The highest BCUT2D eigenvalue weighted by Crippen LogP contribution is 2.23. The van der Waals surface area contributed by atoms with Crippen molar-refractivity contribution in [1.82, 2.24) is 4.90 Å². The van der Waals surface area contributed by atoms with Crippen LogP contribution in [0, 0.1) is 5.82 Å². The van der Waals surface area contributed by atoms with Crippen molar-refractivity contribution >= 4 is 15.9 Å². The maximum Gasteiger partial charge on any atom is 0.137 e. The van der Waals surface area contributed by atoms with Crippen molar-refractivity contribution in [3.63, 3.8) is 0 Å². The average molecular weight is 330 g/mol. The van der Waals surface area contributed by atoms with Crippen molar-refractivity contribution in [1.29, 1.82) is 0 Å². The molecule has 1 heterocycles. The first-order valence-electron chi connectivity index (χ1n) is 6.97. The fourth-order valence-electron chi connectivity index (χ4n) is 2.49. The Kier molecular flexibility index (Phi) is 5.79. The number of ether oxygens (including phenoxy) is 1. The standard InChI is InChI=1S/C15H21BrFNO/c1-2-9-19-13-6-4-8-18(11-13)10-12-5-3-7-14(17)15(12)16/h3,5,7,13H,2,4,6,8-11H2,1H3. The highest BCUT2D eigenvalue weighted by atomic mass is 79.9. The Morgan fingerprint density at radius 3 is 3.11 bits per heavy atom. The van der Waals surface area contributed by atoms with E-state index in [2.05, 4.69) is 27.8 Å². The Bertz CT molecular complexity index is 413. The van der Waals surface area contributed by atoms with Gasteiger partial charge in [-0.3, -0.25) is 4.90 Å². The molecule has 1 aromatic rings. The first-order chi connectivity index (χ1) is 9.20. The zero-order chi connectivity index (χ0) is 13.7. The summed E-state index contributed by atoms with van der Waals surface area (Å²) in [6.07, 6.45) is 3.69. The monoisotopic (exact) mass is 329 g/mol. The maximum atomic E-state index is 13.5. The summed E-state index contributed by atoms with van der Waals surface area (Å²) in [6, 6.07) is 5.23. The van der Waals surface area contributed by atoms with Gasteiger partial charge in [-0.2, -0.15) is 0 Å². The van der Waals surface area contributed by atoms with Crippen LogP contribution in [0.1, 0.15) is 31.7 Å². The van der Waals surface area contributed by atoms with E-state index in [0.29, 0.717) is 10.6 Å². The molecule has 106 valence electrons. The molecule has 0 amide bonds. The number of benzene rings is 1. The van der Waals surface area contributed by atoms with Gasteiger partial charge in [-0.1, -0.05) is 19.1 Å². The Balaban J connectivity index is 1.93. The molecule has 0 N–H and O–H groups in total. The molecule has 1 unspecified atom stereocenters. The summed E-state index contributed by atoms with van der Waals surface area (Å²) < 4.78 is 19.9. The molecule has 1 saturated heterocycles. The SMILES string of the molecule is CCCOC1CCCN(Cc2cccc(F)c2Br)C1. The van der Waals surface area contributed by atoms with E-state index < -0.39 is 0 Å². The topological polar surface area (TPSA) is 12.5 Å². The molecule has 1 aliphatic rings. The smallest absolute Gasteiger partial charge is 0.137 e. The minimum Gasteiger partial charge on any atom is -0.377 e. The summed E-state index contributed by atoms with van der Waals surface area (Å²) in [5.74, 6) is -0.187. The molecule has 1 aromatic carbocycles. The minimum atomic E-state index is -0.187. The van der Waals surface area contributed by atoms with Crippen molar-refractivity contribution in [3.8, 4) is 0 Å². The van der Waals surface area contributed by atoms with E-state index in [1.54, 1.807) is 6.07 Å². The molecular weight excluding hydrogens is 309 g/mol. The first-order valence-corrected chi connectivity index (χ1v) is 7.77. The lowest BCUT2D eigenvalue weighted by Gasteiger charge is -2.32. The van der Waals surface area contributed by atoms with Gasteiger partial charge in [0, 0.05) is 19.7 Å². The van der Waals surface area contributed by atoms with Crippen molar-refractivity contribution in [2.24, 2.45) is 0 Å².